The summed E-state index contributed by atoms with van der Waals surface area (Å²) in [5.41, 5.74) is -0.689. The van der Waals surface area contributed by atoms with Gasteiger partial charge in [-0.3, -0.25) is 20.2 Å². The fourth-order valence-electron chi connectivity index (χ4n) is 0.827. The second-order valence-electron chi connectivity index (χ2n) is 2.24. The molecule has 0 fully saturated rings. The Hall–Kier alpha value is -1.34. The zero-order valence-corrected chi connectivity index (χ0v) is 8.12. The lowest BCUT2D eigenvalue weighted by molar-refractivity contribution is -0.396. The molecule has 6 nitrogen and oxygen atoms in total. The van der Waals surface area contributed by atoms with Gasteiger partial charge in [-0.05, 0) is 27.7 Å². The number of rotatable bonds is 3. The molecule has 1 aromatic carbocycles. The third kappa shape index (κ3) is 2.12. The third-order valence-corrected chi connectivity index (χ3v) is 2.44. The first-order chi connectivity index (χ1) is 6.56. The van der Waals surface area contributed by atoms with Gasteiger partial charge in [0.1, 0.15) is 4.90 Å². The average molecular weight is 241 g/mol. The van der Waals surface area contributed by atoms with Gasteiger partial charge < -0.3 is 0 Å². The van der Waals surface area contributed by atoms with Crippen LogP contribution in [0.2, 0.25) is 0 Å². The molecule has 0 saturated heterocycles. The van der Waals surface area contributed by atoms with Crippen molar-refractivity contribution in [1.29, 1.82) is 0 Å². The molecule has 0 aliphatic carbocycles. The van der Waals surface area contributed by atoms with Crippen molar-refractivity contribution in [2.75, 3.05) is 0 Å². The summed E-state index contributed by atoms with van der Waals surface area (Å²) in [5, 5.41) is 20.8. The molecule has 0 aliphatic heterocycles. The predicted molar refractivity (Wildman–Crippen MR) is 51.5 cm³/mol. The zero-order valence-electron chi connectivity index (χ0n) is 6.55. The maximum absolute atomic E-state index is 10.5. The number of benzene rings is 1. The SMILES string of the molecule is O=[N+]([O-])[13c]1[13cH][13cH][13c](SCl)[13c]([N+](=O)[O-])[13cH]1. The molecule has 14 heavy (non-hydrogen) atoms. The number of halogens is 1. The summed E-state index contributed by atoms with van der Waals surface area (Å²) in [5.74, 6) is 0. The van der Waals surface area contributed by atoms with E-state index in [-0.39, 0.29) is 16.3 Å². The van der Waals surface area contributed by atoms with E-state index in [9.17, 15) is 20.2 Å². The topological polar surface area (TPSA) is 86.3 Å². The van der Waals surface area contributed by atoms with Gasteiger partial charge in [-0.15, -0.1) is 0 Å². The molecule has 0 atom stereocenters. The number of hydrogen-bond donors (Lipinski definition) is 0. The Labute approximate surface area is 86.7 Å². The number of non-ortho nitro benzene ring substituents is 1. The molecular weight excluding hydrogens is 238 g/mol. The van der Waals surface area contributed by atoms with Crippen LogP contribution in [0.4, 0.5) is 11.4 Å². The first-order valence-corrected chi connectivity index (χ1v) is 4.92. The standard InChI is InChI=1S/C6H3ClN2O4S/c7-14-6-2-1-4(8(10)11)3-5(6)9(12)13/h1-3H/i1+1,2+1,3+1,4+1,5+1,6+1. The highest BCUT2D eigenvalue weighted by molar-refractivity contribution is 8.21. The Kier molecular flexibility index (Phi) is 3.26. The van der Waals surface area contributed by atoms with E-state index >= 15 is 0 Å². The molecule has 1 aromatic rings. The lowest BCUT2D eigenvalue weighted by Crippen LogP contribution is -1.93. The van der Waals surface area contributed by atoms with Crippen LogP contribution in [0.5, 0.6) is 0 Å². The van der Waals surface area contributed by atoms with Crippen molar-refractivity contribution in [2.45, 2.75) is 4.90 Å². The van der Waals surface area contributed by atoms with E-state index in [1.54, 1.807) is 0 Å². The molecule has 0 radical (unpaired) electrons. The van der Waals surface area contributed by atoms with Gasteiger partial charge in [0.15, 0.2) is 0 Å². The lowest BCUT2D eigenvalue weighted by atomic mass is 11.2. The summed E-state index contributed by atoms with van der Waals surface area (Å²) in [6.45, 7) is 0. The maximum Gasteiger partial charge on any atom is 0.290 e. The van der Waals surface area contributed by atoms with Crippen LogP contribution in [0.15, 0.2) is 23.1 Å². The molecule has 0 amide bonds. The Morgan fingerprint density at radius 3 is 2.29 bits per heavy atom. The smallest absolute Gasteiger partial charge is 0.258 e. The van der Waals surface area contributed by atoms with Gasteiger partial charge in [-0.2, -0.15) is 0 Å². The Bertz CT molecular complexity index is 397. The molecule has 0 aromatic heterocycles. The highest BCUT2D eigenvalue weighted by Gasteiger charge is 2.18. The number of nitrogens with zero attached hydrogens (tertiary/aromatic N) is 2. The normalized spacial score (nSPS) is 9.79. The molecule has 0 spiro atoms. The summed E-state index contributed by atoms with van der Waals surface area (Å²) >= 11 is 0. The van der Waals surface area contributed by atoms with Crippen molar-refractivity contribution in [3.05, 3.63) is 38.4 Å². The van der Waals surface area contributed by atoms with Crippen LogP contribution in [0.1, 0.15) is 0 Å². The molecule has 1 rings (SSSR count). The molecule has 0 aliphatic rings. The third-order valence-electron chi connectivity index (χ3n) is 1.43. The molecule has 0 N–H and O–H groups in total. The van der Waals surface area contributed by atoms with Gasteiger partial charge in [0.05, 0.1) is 15.9 Å². The summed E-state index contributed by atoms with van der Waals surface area (Å²) in [7, 11) is 6.00. The predicted octanol–water partition coefficient (Wildman–Crippen LogP) is 2.75. The fourth-order valence-corrected chi connectivity index (χ4v) is 1.55. The Balaban J connectivity index is 3.27. The minimum Gasteiger partial charge on any atom is -0.258 e. The van der Waals surface area contributed by atoms with Crippen molar-refractivity contribution in [3.8, 4) is 0 Å². The van der Waals surface area contributed by atoms with Gasteiger partial charge in [0.25, 0.3) is 11.4 Å². The van der Waals surface area contributed by atoms with E-state index in [1.807, 2.05) is 0 Å². The van der Waals surface area contributed by atoms with Crippen molar-refractivity contribution in [1.82, 2.24) is 0 Å². The minimum absolute atomic E-state index is 0.183. The minimum atomic E-state index is -0.711. The summed E-state index contributed by atoms with van der Waals surface area (Å²) in [6.07, 6.45) is 0. The first-order valence-electron chi connectivity index (χ1n) is 3.27. The quantitative estimate of drug-likeness (QED) is 0.599. The van der Waals surface area contributed by atoms with Crippen molar-refractivity contribution >= 4 is 33.0 Å². The largest absolute Gasteiger partial charge is 0.290 e. The van der Waals surface area contributed by atoms with Crippen molar-refractivity contribution in [3.63, 3.8) is 0 Å². The van der Waals surface area contributed by atoms with E-state index in [2.05, 4.69) is 0 Å². The molecule has 0 bridgehead atoms. The van der Waals surface area contributed by atoms with Crippen LogP contribution >= 0.6 is 21.7 Å². The van der Waals surface area contributed by atoms with Gasteiger partial charge in [0.2, 0.25) is 0 Å². The Morgan fingerprint density at radius 2 is 1.86 bits per heavy atom. The first kappa shape index (κ1) is 10.7. The van der Waals surface area contributed by atoms with Crippen molar-refractivity contribution in [2.24, 2.45) is 0 Å². The van der Waals surface area contributed by atoms with Gasteiger partial charge in [0, 0.05) is 6.07 Å². The molecule has 74 valence electrons. The van der Waals surface area contributed by atoms with Crippen LogP contribution in [-0.4, -0.2) is 9.85 Å². The van der Waals surface area contributed by atoms with E-state index in [1.165, 1.54) is 6.07 Å². The zero-order chi connectivity index (χ0) is 10.7. The fraction of sp³-hybridized carbons (Fsp3) is 0. The van der Waals surface area contributed by atoms with E-state index in [0.29, 0.717) is 11.0 Å². The molecule has 0 heterocycles. The number of nitro benzene ring substituents is 2. The highest BCUT2D eigenvalue weighted by atomic mass is 35.7. The number of nitro groups is 2. The average Bonchev–Trinajstić information content (AvgIpc) is 2.16. The molecular formula is C6H3ClN2O4S. The highest BCUT2D eigenvalue weighted by Crippen LogP contribution is 2.34. The van der Waals surface area contributed by atoms with Gasteiger partial charge >= 0.3 is 0 Å². The molecule has 0 saturated carbocycles. The van der Waals surface area contributed by atoms with Crippen LogP contribution in [0.25, 0.3) is 0 Å². The van der Waals surface area contributed by atoms with E-state index in [4.69, 9.17) is 10.7 Å². The monoisotopic (exact) mass is 240 g/mol. The summed E-state index contributed by atoms with van der Waals surface area (Å²) in [6, 6.07) is 3.29. The van der Waals surface area contributed by atoms with E-state index in [0.717, 1.165) is 12.1 Å². The summed E-state index contributed by atoms with van der Waals surface area (Å²) in [4.78, 5) is 19.6. The van der Waals surface area contributed by atoms with Crippen molar-refractivity contribution < 1.29 is 9.85 Å². The van der Waals surface area contributed by atoms with Crippen LogP contribution in [-0.2, 0) is 0 Å². The Morgan fingerprint density at radius 1 is 1.21 bits per heavy atom. The van der Waals surface area contributed by atoms with Crippen LogP contribution in [0.3, 0.4) is 0 Å². The summed E-state index contributed by atoms with van der Waals surface area (Å²) < 4.78 is 0. The van der Waals surface area contributed by atoms with Crippen LogP contribution in [0, 0.1) is 20.2 Å². The second-order valence-corrected chi connectivity index (χ2v) is 3.30. The maximum atomic E-state index is 10.5. The molecule has 0 unspecified atom stereocenters. The van der Waals surface area contributed by atoms with E-state index < -0.39 is 9.85 Å². The lowest BCUT2D eigenvalue weighted by Gasteiger charge is -1.96. The van der Waals surface area contributed by atoms with Gasteiger partial charge in [-0.25, -0.2) is 0 Å². The molecule has 8 heteroatoms. The van der Waals surface area contributed by atoms with Gasteiger partial charge in [-0.1, -0.05) is 0 Å². The second kappa shape index (κ2) is 4.25. The van der Waals surface area contributed by atoms with Crippen LogP contribution < -0.4 is 0 Å². The number of hydrogen-bond acceptors (Lipinski definition) is 5.